The molecule has 0 aliphatic rings. The summed E-state index contributed by atoms with van der Waals surface area (Å²) in [6.45, 7) is 4.23. The molecule has 0 N–H and O–H groups in total. The maximum Gasteiger partial charge on any atom is 0.00751 e. The molecule has 1 aromatic carbocycles. The van der Waals surface area contributed by atoms with E-state index in [1.807, 2.05) is 12.1 Å². The van der Waals surface area contributed by atoms with Gasteiger partial charge in [-0.3, -0.25) is 0 Å². The van der Waals surface area contributed by atoms with Crippen molar-refractivity contribution in [1.29, 1.82) is 0 Å². The third-order valence-electron chi connectivity index (χ3n) is 1.88. The van der Waals surface area contributed by atoms with Crippen LogP contribution in [0.15, 0.2) is 29.2 Å². The number of thiol groups is 1. The Bertz CT molecular complexity index is 287. The molecule has 1 heteroatoms. The van der Waals surface area contributed by atoms with Gasteiger partial charge in [0.25, 0.3) is 0 Å². The Morgan fingerprint density at radius 3 is 2.83 bits per heavy atom. The summed E-state index contributed by atoms with van der Waals surface area (Å²) in [5.74, 6) is 0. The lowest BCUT2D eigenvalue weighted by Gasteiger charge is -2.02. The minimum Gasteiger partial charge on any atom is -0.143 e. The highest BCUT2D eigenvalue weighted by atomic mass is 32.1. The van der Waals surface area contributed by atoms with Crippen molar-refractivity contribution in [2.24, 2.45) is 0 Å². The Balaban J connectivity index is 3.00. The van der Waals surface area contributed by atoms with Gasteiger partial charge < -0.3 is 0 Å². The molecular weight excluding hydrogens is 164 g/mol. The van der Waals surface area contributed by atoms with Crippen LogP contribution in [0.25, 0.3) is 6.08 Å². The SMILES string of the molecule is CC/C=C/c1cccc(S)c1C. The van der Waals surface area contributed by atoms with E-state index in [0.29, 0.717) is 0 Å². The first-order valence-corrected chi connectivity index (χ1v) is 4.65. The molecule has 0 aromatic heterocycles. The second kappa shape index (κ2) is 4.36. The Morgan fingerprint density at radius 2 is 2.17 bits per heavy atom. The first-order chi connectivity index (χ1) is 5.75. The Morgan fingerprint density at radius 1 is 1.42 bits per heavy atom. The van der Waals surface area contributed by atoms with Crippen LogP contribution in [-0.2, 0) is 0 Å². The third kappa shape index (κ3) is 2.15. The molecule has 0 heterocycles. The fourth-order valence-corrected chi connectivity index (χ4v) is 1.28. The minimum atomic E-state index is 1.06. The Kier molecular flexibility index (Phi) is 3.42. The maximum absolute atomic E-state index is 4.36. The average molecular weight is 178 g/mol. The van der Waals surface area contributed by atoms with Crippen LogP contribution in [0.3, 0.4) is 0 Å². The van der Waals surface area contributed by atoms with Gasteiger partial charge in [-0.25, -0.2) is 0 Å². The molecule has 0 aliphatic carbocycles. The van der Waals surface area contributed by atoms with Gasteiger partial charge in [0.15, 0.2) is 0 Å². The van der Waals surface area contributed by atoms with E-state index in [2.05, 4.69) is 44.7 Å². The summed E-state index contributed by atoms with van der Waals surface area (Å²) in [5.41, 5.74) is 2.52. The van der Waals surface area contributed by atoms with Crippen molar-refractivity contribution in [3.8, 4) is 0 Å². The van der Waals surface area contributed by atoms with Gasteiger partial charge in [-0.1, -0.05) is 31.2 Å². The van der Waals surface area contributed by atoms with Gasteiger partial charge in [0, 0.05) is 4.90 Å². The predicted molar refractivity (Wildman–Crippen MR) is 57.8 cm³/mol. The first kappa shape index (κ1) is 9.40. The zero-order valence-corrected chi connectivity index (χ0v) is 8.44. The van der Waals surface area contributed by atoms with E-state index in [0.717, 1.165) is 11.3 Å². The lowest BCUT2D eigenvalue weighted by molar-refractivity contribution is 1.23. The summed E-state index contributed by atoms with van der Waals surface area (Å²) in [6.07, 6.45) is 5.39. The maximum atomic E-state index is 4.36. The largest absolute Gasteiger partial charge is 0.143 e. The number of benzene rings is 1. The summed E-state index contributed by atoms with van der Waals surface area (Å²) >= 11 is 4.36. The van der Waals surface area contributed by atoms with Crippen LogP contribution in [0.5, 0.6) is 0 Å². The van der Waals surface area contributed by atoms with Crippen molar-refractivity contribution in [2.45, 2.75) is 25.2 Å². The van der Waals surface area contributed by atoms with Crippen molar-refractivity contribution in [3.63, 3.8) is 0 Å². The van der Waals surface area contributed by atoms with Crippen molar-refractivity contribution in [1.82, 2.24) is 0 Å². The fraction of sp³-hybridized carbons (Fsp3) is 0.273. The van der Waals surface area contributed by atoms with Crippen LogP contribution >= 0.6 is 12.6 Å². The molecule has 0 aliphatic heterocycles. The van der Waals surface area contributed by atoms with Gasteiger partial charge in [0.05, 0.1) is 0 Å². The molecule has 0 radical (unpaired) electrons. The molecule has 0 amide bonds. The van der Waals surface area contributed by atoms with Crippen LogP contribution in [0.4, 0.5) is 0 Å². The van der Waals surface area contributed by atoms with Gasteiger partial charge in [0.1, 0.15) is 0 Å². The van der Waals surface area contributed by atoms with E-state index in [4.69, 9.17) is 0 Å². The summed E-state index contributed by atoms with van der Waals surface area (Å²) in [7, 11) is 0. The second-order valence-electron chi connectivity index (χ2n) is 2.80. The third-order valence-corrected chi connectivity index (χ3v) is 2.36. The van der Waals surface area contributed by atoms with E-state index >= 15 is 0 Å². The molecule has 12 heavy (non-hydrogen) atoms. The second-order valence-corrected chi connectivity index (χ2v) is 3.28. The highest BCUT2D eigenvalue weighted by Crippen LogP contribution is 2.18. The monoisotopic (exact) mass is 178 g/mol. The molecule has 0 fully saturated rings. The predicted octanol–water partition coefficient (Wildman–Crippen LogP) is 3.71. The Labute approximate surface area is 79.7 Å². The molecule has 0 spiro atoms. The van der Waals surface area contributed by atoms with Gasteiger partial charge in [-0.15, -0.1) is 12.6 Å². The molecule has 0 saturated carbocycles. The molecule has 1 rings (SSSR count). The van der Waals surface area contributed by atoms with Crippen molar-refractivity contribution in [2.75, 3.05) is 0 Å². The van der Waals surface area contributed by atoms with Crippen molar-refractivity contribution < 1.29 is 0 Å². The van der Waals surface area contributed by atoms with E-state index in [1.165, 1.54) is 11.1 Å². The smallest absolute Gasteiger partial charge is 0.00751 e. The van der Waals surface area contributed by atoms with Crippen LogP contribution in [0.2, 0.25) is 0 Å². The normalized spacial score (nSPS) is 10.9. The van der Waals surface area contributed by atoms with Crippen LogP contribution in [0, 0.1) is 6.92 Å². The molecular formula is C11H14S. The van der Waals surface area contributed by atoms with Crippen molar-refractivity contribution >= 4 is 18.7 Å². The van der Waals surface area contributed by atoms with Gasteiger partial charge in [0.2, 0.25) is 0 Å². The van der Waals surface area contributed by atoms with Crippen molar-refractivity contribution in [3.05, 3.63) is 35.4 Å². The summed E-state index contributed by atoms with van der Waals surface area (Å²) in [4.78, 5) is 1.06. The topological polar surface area (TPSA) is 0 Å². The highest BCUT2D eigenvalue weighted by Gasteiger charge is 1.95. The molecule has 0 nitrogen and oxygen atoms in total. The highest BCUT2D eigenvalue weighted by molar-refractivity contribution is 7.80. The lowest BCUT2D eigenvalue weighted by Crippen LogP contribution is -1.81. The molecule has 1 aromatic rings. The van der Waals surface area contributed by atoms with E-state index in [9.17, 15) is 0 Å². The summed E-state index contributed by atoms with van der Waals surface area (Å²) < 4.78 is 0. The van der Waals surface area contributed by atoms with E-state index in [-0.39, 0.29) is 0 Å². The standard InChI is InChI=1S/C11H14S/c1-3-4-6-10-7-5-8-11(12)9(10)2/h4-8,12H,3H2,1-2H3/b6-4+. The minimum absolute atomic E-state index is 1.06. The molecule has 0 saturated heterocycles. The number of hydrogen-bond donors (Lipinski definition) is 1. The van der Waals surface area contributed by atoms with E-state index in [1.54, 1.807) is 0 Å². The molecule has 0 bridgehead atoms. The number of allylic oxidation sites excluding steroid dienone is 1. The summed E-state index contributed by atoms with van der Waals surface area (Å²) in [6, 6.07) is 6.16. The van der Waals surface area contributed by atoms with Crippen LogP contribution in [-0.4, -0.2) is 0 Å². The number of rotatable bonds is 2. The molecule has 64 valence electrons. The average Bonchev–Trinajstić information content (AvgIpc) is 2.08. The molecule has 0 atom stereocenters. The first-order valence-electron chi connectivity index (χ1n) is 4.20. The summed E-state index contributed by atoms with van der Waals surface area (Å²) in [5, 5.41) is 0. The van der Waals surface area contributed by atoms with E-state index < -0.39 is 0 Å². The number of hydrogen-bond acceptors (Lipinski definition) is 1. The fourth-order valence-electron chi connectivity index (χ4n) is 1.07. The molecule has 0 unspecified atom stereocenters. The lowest BCUT2D eigenvalue weighted by atomic mass is 10.1. The zero-order valence-electron chi connectivity index (χ0n) is 7.54. The quantitative estimate of drug-likeness (QED) is 0.656. The van der Waals surface area contributed by atoms with Gasteiger partial charge in [-0.2, -0.15) is 0 Å². The van der Waals surface area contributed by atoms with Crippen LogP contribution in [0.1, 0.15) is 24.5 Å². The Hall–Kier alpha value is -0.690. The zero-order chi connectivity index (χ0) is 8.97. The van der Waals surface area contributed by atoms with Gasteiger partial charge >= 0.3 is 0 Å². The van der Waals surface area contributed by atoms with Crippen LogP contribution < -0.4 is 0 Å². The van der Waals surface area contributed by atoms with Gasteiger partial charge in [-0.05, 0) is 30.5 Å².